The maximum Gasteiger partial charge on any atom is 0.195 e. The van der Waals surface area contributed by atoms with E-state index in [9.17, 15) is 0 Å². The fourth-order valence-corrected chi connectivity index (χ4v) is 8.52. The molecule has 1 aromatic heterocycles. The Kier molecular flexibility index (Phi) is 6.09. The van der Waals surface area contributed by atoms with Crippen LogP contribution in [0.3, 0.4) is 0 Å². The minimum atomic E-state index is 0.390. The fraction of sp³-hybridized carbons (Fsp3) is 0. The van der Waals surface area contributed by atoms with E-state index in [0.717, 1.165) is 55.0 Å². The maximum atomic E-state index is 7.50. The standard InChI is InChI=1S/C50H26N2O/c1-51-46-25-33-20-19-31(23-34(33)26-47(46)52-2)29-15-17-30(18-16-29)32-21-22-39-42(24-32)37-11-3-4-12-38(37)43-27-45-48(28-44(39)43)53-50-41-14-8-6-10-36(41)35-9-5-7-13-40(35)49(45)50/h3-28H. The van der Waals surface area contributed by atoms with Gasteiger partial charge >= 0.3 is 0 Å². The molecule has 0 aliphatic rings. The molecule has 10 aromatic carbocycles. The second-order valence-electron chi connectivity index (χ2n) is 13.8. The van der Waals surface area contributed by atoms with Crippen LogP contribution in [0.15, 0.2) is 162 Å². The lowest BCUT2D eigenvalue weighted by Crippen LogP contribution is -1.86. The van der Waals surface area contributed by atoms with Crippen molar-refractivity contribution in [2.75, 3.05) is 0 Å². The van der Waals surface area contributed by atoms with E-state index in [-0.39, 0.29) is 0 Å². The van der Waals surface area contributed by atoms with Crippen LogP contribution in [0.25, 0.3) is 119 Å². The topological polar surface area (TPSA) is 21.9 Å². The Labute approximate surface area is 304 Å². The van der Waals surface area contributed by atoms with Crippen molar-refractivity contribution in [1.29, 1.82) is 0 Å². The third-order valence-corrected chi connectivity index (χ3v) is 11.0. The van der Waals surface area contributed by atoms with Crippen molar-refractivity contribution in [3.63, 3.8) is 0 Å². The number of hydrogen-bond donors (Lipinski definition) is 0. The maximum absolute atomic E-state index is 7.50. The van der Waals surface area contributed by atoms with Crippen molar-refractivity contribution >= 4 is 97.9 Å². The Morgan fingerprint density at radius 1 is 0.340 bits per heavy atom. The highest BCUT2D eigenvalue weighted by Gasteiger charge is 2.18. The second kappa shape index (κ2) is 11.0. The Bertz CT molecular complexity index is 3470. The van der Waals surface area contributed by atoms with Crippen LogP contribution in [0.5, 0.6) is 0 Å². The van der Waals surface area contributed by atoms with Gasteiger partial charge in [0.05, 0.1) is 13.1 Å². The lowest BCUT2D eigenvalue weighted by Gasteiger charge is -2.13. The summed E-state index contributed by atoms with van der Waals surface area (Å²) in [6.45, 7) is 14.9. The van der Waals surface area contributed by atoms with Crippen LogP contribution in [0.2, 0.25) is 0 Å². The fourth-order valence-electron chi connectivity index (χ4n) is 8.52. The average molecular weight is 671 g/mol. The molecule has 3 nitrogen and oxygen atoms in total. The molecule has 0 saturated heterocycles. The van der Waals surface area contributed by atoms with Gasteiger partial charge in [-0.15, -0.1) is 0 Å². The van der Waals surface area contributed by atoms with E-state index in [4.69, 9.17) is 17.6 Å². The highest BCUT2D eigenvalue weighted by molar-refractivity contribution is 6.33. The zero-order chi connectivity index (χ0) is 35.2. The summed E-state index contributed by atoms with van der Waals surface area (Å²) < 4.78 is 6.80. The monoisotopic (exact) mass is 670 g/mol. The minimum absolute atomic E-state index is 0.390. The molecule has 0 fully saturated rings. The first kappa shape index (κ1) is 29.3. The molecule has 0 spiro atoms. The summed E-state index contributed by atoms with van der Waals surface area (Å²) in [6, 6.07) is 55.9. The number of furan rings is 1. The van der Waals surface area contributed by atoms with E-state index < -0.39 is 0 Å². The molecule has 3 heteroatoms. The van der Waals surface area contributed by atoms with Gasteiger partial charge in [-0.1, -0.05) is 133 Å². The molecular weight excluding hydrogens is 645 g/mol. The molecular formula is C50H26N2O. The molecule has 0 bridgehead atoms. The van der Waals surface area contributed by atoms with Gasteiger partial charge in [0, 0.05) is 16.2 Å². The van der Waals surface area contributed by atoms with Gasteiger partial charge in [0.1, 0.15) is 11.2 Å². The molecule has 0 aliphatic carbocycles. The molecule has 11 aromatic rings. The zero-order valence-electron chi connectivity index (χ0n) is 28.3. The number of nitrogens with zero attached hydrogens (tertiary/aromatic N) is 2. The van der Waals surface area contributed by atoms with Crippen molar-refractivity contribution < 1.29 is 4.42 Å². The van der Waals surface area contributed by atoms with Crippen LogP contribution in [0.4, 0.5) is 11.4 Å². The molecule has 53 heavy (non-hydrogen) atoms. The van der Waals surface area contributed by atoms with Crippen molar-refractivity contribution in [3.05, 3.63) is 181 Å². The minimum Gasteiger partial charge on any atom is -0.455 e. The first-order valence-corrected chi connectivity index (χ1v) is 17.6. The average Bonchev–Trinajstić information content (AvgIpc) is 3.61. The van der Waals surface area contributed by atoms with Crippen LogP contribution in [-0.2, 0) is 0 Å². The highest BCUT2D eigenvalue weighted by atomic mass is 16.3. The van der Waals surface area contributed by atoms with Gasteiger partial charge in [-0.3, -0.25) is 9.69 Å². The molecule has 11 rings (SSSR count). The summed E-state index contributed by atoms with van der Waals surface area (Å²) in [5.41, 5.74) is 7.09. The molecule has 0 unspecified atom stereocenters. The van der Waals surface area contributed by atoms with Crippen LogP contribution < -0.4 is 0 Å². The lowest BCUT2D eigenvalue weighted by molar-refractivity contribution is 0.673. The number of benzene rings is 10. The van der Waals surface area contributed by atoms with E-state index in [2.05, 4.69) is 149 Å². The molecule has 242 valence electrons. The number of hydrogen-bond acceptors (Lipinski definition) is 1. The van der Waals surface area contributed by atoms with Crippen molar-refractivity contribution in [3.8, 4) is 22.3 Å². The Morgan fingerprint density at radius 3 is 1.47 bits per heavy atom. The molecule has 0 N–H and O–H groups in total. The van der Waals surface area contributed by atoms with Gasteiger partial charge < -0.3 is 4.42 Å². The highest BCUT2D eigenvalue weighted by Crippen LogP contribution is 2.45. The van der Waals surface area contributed by atoms with Crippen molar-refractivity contribution in [2.45, 2.75) is 0 Å². The molecule has 0 radical (unpaired) electrons. The normalized spacial score (nSPS) is 11.7. The van der Waals surface area contributed by atoms with Crippen LogP contribution >= 0.6 is 0 Å². The second-order valence-corrected chi connectivity index (χ2v) is 13.8. The first-order valence-electron chi connectivity index (χ1n) is 17.6. The summed E-state index contributed by atoms with van der Waals surface area (Å²) in [6.07, 6.45) is 0. The van der Waals surface area contributed by atoms with Crippen molar-refractivity contribution in [1.82, 2.24) is 0 Å². The third-order valence-electron chi connectivity index (χ3n) is 11.0. The van der Waals surface area contributed by atoms with Crippen LogP contribution in [-0.4, -0.2) is 0 Å². The smallest absolute Gasteiger partial charge is 0.195 e. The van der Waals surface area contributed by atoms with Gasteiger partial charge in [-0.05, 0) is 106 Å². The quantitative estimate of drug-likeness (QED) is 0.133. The van der Waals surface area contributed by atoms with E-state index in [1.165, 1.54) is 53.9 Å². The number of rotatable bonds is 2. The number of fused-ring (bicyclic) bond motifs is 15. The van der Waals surface area contributed by atoms with Crippen LogP contribution in [0.1, 0.15) is 0 Å². The predicted molar refractivity (Wildman–Crippen MR) is 222 cm³/mol. The van der Waals surface area contributed by atoms with Gasteiger partial charge in [0.15, 0.2) is 11.4 Å². The zero-order valence-corrected chi connectivity index (χ0v) is 28.3. The SMILES string of the molecule is [C-]#[N+]c1cc2ccc(-c3ccc(-c4ccc5c(c4)c4ccccc4c4cc6c(cc54)oc4c5ccccc5c5ccccc5c64)cc3)cc2cc1[N+]#[C-]. The Hall–Kier alpha value is -7.46. The third kappa shape index (κ3) is 4.26. The molecule has 0 saturated carbocycles. The largest absolute Gasteiger partial charge is 0.455 e. The van der Waals surface area contributed by atoms with E-state index in [0.29, 0.717) is 11.4 Å². The van der Waals surface area contributed by atoms with Gasteiger partial charge in [0.25, 0.3) is 0 Å². The molecule has 0 atom stereocenters. The van der Waals surface area contributed by atoms with E-state index >= 15 is 0 Å². The predicted octanol–water partition coefficient (Wildman–Crippen LogP) is 14.9. The molecule has 0 aliphatic heterocycles. The van der Waals surface area contributed by atoms with E-state index in [1.54, 1.807) is 6.07 Å². The molecule has 1 heterocycles. The summed E-state index contributed by atoms with van der Waals surface area (Å²) >= 11 is 0. The van der Waals surface area contributed by atoms with Crippen molar-refractivity contribution in [2.24, 2.45) is 0 Å². The van der Waals surface area contributed by atoms with Gasteiger partial charge in [-0.25, -0.2) is 0 Å². The Morgan fingerprint density at radius 2 is 0.811 bits per heavy atom. The van der Waals surface area contributed by atoms with Crippen LogP contribution in [0, 0.1) is 13.1 Å². The summed E-state index contributed by atoms with van der Waals surface area (Å²) in [5.74, 6) is 0. The summed E-state index contributed by atoms with van der Waals surface area (Å²) in [5, 5.41) is 16.3. The summed E-state index contributed by atoms with van der Waals surface area (Å²) in [7, 11) is 0. The lowest BCUT2D eigenvalue weighted by atomic mass is 9.90. The van der Waals surface area contributed by atoms with E-state index in [1.807, 2.05) is 12.1 Å². The summed E-state index contributed by atoms with van der Waals surface area (Å²) in [4.78, 5) is 7.10. The molecule has 0 amide bonds. The van der Waals surface area contributed by atoms with Gasteiger partial charge in [0.2, 0.25) is 0 Å². The Balaban J connectivity index is 1.08. The van der Waals surface area contributed by atoms with Gasteiger partial charge in [-0.2, -0.15) is 0 Å². The first-order chi connectivity index (χ1) is 26.2.